The van der Waals surface area contributed by atoms with E-state index in [2.05, 4.69) is 28.1 Å². The molecule has 0 atom stereocenters. The van der Waals surface area contributed by atoms with E-state index in [0.717, 1.165) is 42.0 Å². The smallest absolute Gasteiger partial charge is 0.409 e. The third kappa shape index (κ3) is 4.01. The van der Waals surface area contributed by atoms with Crippen LogP contribution in [0.4, 0.5) is 16.2 Å². The second-order valence-electron chi connectivity index (χ2n) is 7.33. The van der Waals surface area contributed by atoms with Crippen molar-refractivity contribution >= 4 is 17.5 Å². The van der Waals surface area contributed by atoms with E-state index in [-0.39, 0.29) is 0 Å². The van der Waals surface area contributed by atoms with Gasteiger partial charge in [0.05, 0.1) is 12.2 Å². The Morgan fingerprint density at radius 2 is 2.03 bits per heavy atom. The lowest BCUT2D eigenvalue weighted by atomic mass is 10.00. The minimum absolute atomic E-state index is 0.464. The summed E-state index contributed by atoms with van der Waals surface area (Å²) in [5, 5.41) is 0. The number of anilines is 2. The molecule has 29 heavy (non-hydrogen) atoms. The first-order valence-electron chi connectivity index (χ1n) is 9.58. The molecule has 2 heterocycles. The summed E-state index contributed by atoms with van der Waals surface area (Å²) >= 11 is 0. The second kappa shape index (κ2) is 7.83. The molecule has 0 aliphatic carbocycles. The lowest BCUT2D eigenvalue weighted by Crippen LogP contribution is -2.20. The Bertz CT molecular complexity index is 1030. The summed E-state index contributed by atoms with van der Waals surface area (Å²) < 4.78 is 5.26. The summed E-state index contributed by atoms with van der Waals surface area (Å²) in [6.07, 6.45) is 1.98. The molecule has 0 bridgehead atoms. The first kappa shape index (κ1) is 18.8. The predicted octanol–water partition coefficient (Wildman–Crippen LogP) is 3.83. The Hall–Kier alpha value is -3.54. The second-order valence-corrected chi connectivity index (χ2v) is 7.33. The van der Waals surface area contributed by atoms with Crippen molar-refractivity contribution in [2.75, 3.05) is 30.4 Å². The first-order valence-corrected chi connectivity index (χ1v) is 9.58. The SMILES string of the molecule is CN(C)c1ccc(OC(N)=O)c(-c2ccc3c(c2)CCN3Cc2ccccn2)c1. The molecule has 0 spiro atoms. The van der Waals surface area contributed by atoms with E-state index in [1.54, 1.807) is 6.07 Å². The number of fused-ring (bicyclic) bond motifs is 1. The molecule has 1 amide bonds. The van der Waals surface area contributed by atoms with Crippen LogP contribution in [0.3, 0.4) is 0 Å². The maximum absolute atomic E-state index is 11.4. The van der Waals surface area contributed by atoms with Crippen LogP contribution in [0.25, 0.3) is 11.1 Å². The van der Waals surface area contributed by atoms with Crippen LogP contribution >= 0.6 is 0 Å². The van der Waals surface area contributed by atoms with Crippen molar-refractivity contribution in [1.82, 2.24) is 4.98 Å². The van der Waals surface area contributed by atoms with Crippen LogP contribution in [-0.4, -0.2) is 31.7 Å². The van der Waals surface area contributed by atoms with Crippen molar-refractivity contribution < 1.29 is 9.53 Å². The van der Waals surface area contributed by atoms with Crippen LogP contribution in [-0.2, 0) is 13.0 Å². The van der Waals surface area contributed by atoms with Crippen molar-refractivity contribution in [3.63, 3.8) is 0 Å². The summed E-state index contributed by atoms with van der Waals surface area (Å²) in [4.78, 5) is 20.2. The maximum atomic E-state index is 11.4. The van der Waals surface area contributed by atoms with Crippen LogP contribution < -0.4 is 20.3 Å². The highest BCUT2D eigenvalue weighted by Crippen LogP contribution is 2.38. The van der Waals surface area contributed by atoms with Crippen molar-refractivity contribution in [1.29, 1.82) is 0 Å². The van der Waals surface area contributed by atoms with Gasteiger partial charge in [0.15, 0.2) is 0 Å². The fourth-order valence-corrected chi connectivity index (χ4v) is 3.71. The maximum Gasteiger partial charge on any atom is 0.409 e. The Morgan fingerprint density at radius 1 is 1.17 bits per heavy atom. The molecule has 2 aromatic carbocycles. The van der Waals surface area contributed by atoms with Crippen molar-refractivity contribution in [2.24, 2.45) is 5.73 Å². The number of carbonyl (C=O) groups excluding carboxylic acids is 1. The van der Waals surface area contributed by atoms with E-state index in [4.69, 9.17) is 10.5 Å². The highest BCUT2D eigenvalue weighted by atomic mass is 16.5. The van der Waals surface area contributed by atoms with Gasteiger partial charge in [0.25, 0.3) is 0 Å². The number of hydrogen-bond acceptors (Lipinski definition) is 5. The largest absolute Gasteiger partial charge is 0.410 e. The number of ether oxygens (including phenoxy) is 1. The summed E-state index contributed by atoms with van der Waals surface area (Å²) in [5.74, 6) is 0.464. The van der Waals surface area contributed by atoms with Gasteiger partial charge in [-0.3, -0.25) is 4.98 Å². The molecule has 0 radical (unpaired) electrons. The lowest BCUT2D eigenvalue weighted by Gasteiger charge is -2.20. The molecule has 6 nitrogen and oxygen atoms in total. The van der Waals surface area contributed by atoms with Gasteiger partial charge in [0.1, 0.15) is 5.75 Å². The summed E-state index contributed by atoms with van der Waals surface area (Å²) in [5.41, 5.74) is 11.7. The summed E-state index contributed by atoms with van der Waals surface area (Å²) in [6, 6.07) is 18.1. The Morgan fingerprint density at radius 3 is 2.76 bits per heavy atom. The third-order valence-corrected chi connectivity index (χ3v) is 5.15. The molecule has 148 valence electrons. The Labute approximate surface area is 170 Å². The number of rotatable bonds is 5. The van der Waals surface area contributed by atoms with E-state index in [1.165, 1.54) is 11.3 Å². The molecular formula is C23H24N4O2. The highest BCUT2D eigenvalue weighted by molar-refractivity contribution is 5.80. The minimum atomic E-state index is -0.813. The molecule has 4 rings (SSSR count). The van der Waals surface area contributed by atoms with Gasteiger partial charge in [-0.1, -0.05) is 12.1 Å². The molecule has 1 aliphatic heterocycles. The van der Waals surface area contributed by atoms with Gasteiger partial charge < -0.3 is 20.3 Å². The number of carbonyl (C=O) groups is 1. The van der Waals surface area contributed by atoms with Gasteiger partial charge in [-0.05, 0) is 60.0 Å². The number of hydrogen-bond donors (Lipinski definition) is 1. The van der Waals surface area contributed by atoms with Gasteiger partial charge in [-0.25, -0.2) is 4.79 Å². The number of benzene rings is 2. The standard InChI is InChI=1S/C23H24N4O2/c1-26(2)19-7-9-22(29-23(24)28)20(14-19)16-6-8-21-17(13-16)10-12-27(21)15-18-5-3-4-11-25-18/h3-9,11,13-14H,10,12,15H2,1-2H3,(H2,24,28). The van der Waals surface area contributed by atoms with E-state index >= 15 is 0 Å². The van der Waals surface area contributed by atoms with E-state index in [1.807, 2.05) is 55.5 Å². The number of pyridine rings is 1. The van der Waals surface area contributed by atoms with Crippen LogP contribution in [0.15, 0.2) is 60.8 Å². The van der Waals surface area contributed by atoms with Gasteiger partial charge in [-0.2, -0.15) is 0 Å². The molecular weight excluding hydrogens is 364 g/mol. The molecule has 1 aliphatic rings. The Balaban J connectivity index is 1.67. The number of amides is 1. The summed E-state index contributed by atoms with van der Waals surface area (Å²) in [6.45, 7) is 1.75. The zero-order chi connectivity index (χ0) is 20.4. The quantitative estimate of drug-likeness (QED) is 0.719. The third-order valence-electron chi connectivity index (χ3n) is 5.15. The average Bonchev–Trinajstić information content (AvgIpc) is 3.10. The van der Waals surface area contributed by atoms with E-state index in [9.17, 15) is 4.79 Å². The van der Waals surface area contributed by atoms with Crippen LogP contribution in [0, 0.1) is 0 Å². The molecule has 0 saturated heterocycles. The van der Waals surface area contributed by atoms with Crippen LogP contribution in [0.1, 0.15) is 11.3 Å². The van der Waals surface area contributed by atoms with Gasteiger partial charge in [-0.15, -0.1) is 0 Å². The van der Waals surface area contributed by atoms with Gasteiger partial charge in [0, 0.05) is 43.8 Å². The van der Waals surface area contributed by atoms with Crippen LogP contribution in [0.5, 0.6) is 5.75 Å². The highest BCUT2D eigenvalue weighted by Gasteiger charge is 2.21. The number of aromatic nitrogens is 1. The molecule has 0 saturated carbocycles. The van der Waals surface area contributed by atoms with Crippen molar-refractivity contribution in [3.05, 3.63) is 72.1 Å². The molecule has 6 heteroatoms. The lowest BCUT2D eigenvalue weighted by molar-refractivity contribution is 0.211. The minimum Gasteiger partial charge on any atom is -0.410 e. The molecule has 3 aromatic rings. The fraction of sp³-hybridized carbons (Fsp3) is 0.217. The average molecular weight is 388 g/mol. The molecule has 1 aromatic heterocycles. The zero-order valence-electron chi connectivity index (χ0n) is 16.6. The predicted molar refractivity (Wildman–Crippen MR) is 115 cm³/mol. The number of nitrogens with zero attached hydrogens (tertiary/aromatic N) is 3. The topological polar surface area (TPSA) is 71.7 Å². The van der Waals surface area contributed by atoms with E-state index < -0.39 is 6.09 Å². The Kier molecular flexibility index (Phi) is 5.08. The number of nitrogens with two attached hydrogens (primary N) is 1. The normalized spacial score (nSPS) is 12.6. The monoisotopic (exact) mass is 388 g/mol. The zero-order valence-corrected chi connectivity index (χ0v) is 16.6. The molecule has 0 fully saturated rings. The number of primary amides is 1. The fourth-order valence-electron chi connectivity index (χ4n) is 3.71. The van der Waals surface area contributed by atoms with Gasteiger partial charge >= 0.3 is 6.09 Å². The van der Waals surface area contributed by atoms with Crippen molar-refractivity contribution in [3.8, 4) is 16.9 Å². The van der Waals surface area contributed by atoms with Gasteiger partial charge in [0.2, 0.25) is 0 Å². The van der Waals surface area contributed by atoms with Crippen LogP contribution in [0.2, 0.25) is 0 Å². The van der Waals surface area contributed by atoms with Crippen molar-refractivity contribution in [2.45, 2.75) is 13.0 Å². The van der Waals surface area contributed by atoms with E-state index in [0.29, 0.717) is 5.75 Å². The molecule has 0 unspecified atom stereocenters. The molecule has 2 N–H and O–H groups in total. The summed E-state index contributed by atoms with van der Waals surface area (Å²) in [7, 11) is 3.96. The first-order chi connectivity index (χ1) is 14.0.